The molecular weight excluding hydrogens is 633 g/mol. The van der Waals surface area contributed by atoms with E-state index in [1.54, 1.807) is 0 Å². The first-order valence-electron chi connectivity index (χ1n) is 22.5. The van der Waals surface area contributed by atoms with Crippen LogP contribution in [0, 0.1) is 22.7 Å². The van der Waals surface area contributed by atoms with E-state index in [9.17, 15) is 0 Å². The summed E-state index contributed by atoms with van der Waals surface area (Å²) in [6, 6.07) is 1.44. The van der Waals surface area contributed by atoms with Crippen LogP contribution in [0.5, 0.6) is 0 Å². The van der Waals surface area contributed by atoms with Gasteiger partial charge in [-0.15, -0.1) is 0 Å². The van der Waals surface area contributed by atoms with Crippen molar-refractivity contribution in [1.82, 2.24) is 10.6 Å². The number of allylic oxidation sites excluding steroid dienone is 6. The van der Waals surface area contributed by atoms with Gasteiger partial charge in [0.15, 0.2) is 0 Å². The van der Waals surface area contributed by atoms with Gasteiger partial charge in [0.1, 0.15) is 0 Å². The Hall–Kier alpha value is -1.42. The molecule has 0 aromatic heterocycles. The minimum absolute atomic E-state index is 0.442. The summed E-state index contributed by atoms with van der Waals surface area (Å²) in [5, 5.41) is 7.48. The molecule has 1 aliphatic heterocycles. The van der Waals surface area contributed by atoms with Gasteiger partial charge >= 0.3 is 0 Å². The van der Waals surface area contributed by atoms with Crippen molar-refractivity contribution in [2.75, 3.05) is 26.8 Å². The van der Waals surface area contributed by atoms with Gasteiger partial charge in [-0.3, -0.25) is 0 Å². The fourth-order valence-corrected chi connectivity index (χ4v) is 8.75. The second kappa shape index (κ2) is 34.1. The van der Waals surface area contributed by atoms with Gasteiger partial charge in [0.2, 0.25) is 0 Å². The molecular formula is C49H94N2O. The van der Waals surface area contributed by atoms with Gasteiger partial charge in [-0.05, 0) is 119 Å². The Morgan fingerprint density at radius 1 is 0.827 bits per heavy atom. The van der Waals surface area contributed by atoms with Crippen molar-refractivity contribution < 1.29 is 4.74 Å². The van der Waals surface area contributed by atoms with Crippen molar-refractivity contribution in [3.05, 3.63) is 59.8 Å². The third kappa shape index (κ3) is 19.8. The van der Waals surface area contributed by atoms with Gasteiger partial charge in [-0.2, -0.15) is 0 Å². The molecule has 0 spiro atoms. The molecule has 0 saturated heterocycles. The lowest BCUT2D eigenvalue weighted by atomic mass is 9.58. The summed E-state index contributed by atoms with van der Waals surface area (Å²) >= 11 is 0. The predicted octanol–water partition coefficient (Wildman–Crippen LogP) is 14.8. The van der Waals surface area contributed by atoms with Crippen LogP contribution in [0.25, 0.3) is 0 Å². The molecule has 3 fully saturated rings. The van der Waals surface area contributed by atoms with Gasteiger partial charge in [0, 0.05) is 18.6 Å². The average Bonchev–Trinajstić information content (AvgIpc) is 3.46. The highest BCUT2D eigenvalue weighted by molar-refractivity contribution is 5.29. The molecule has 4 aliphatic rings. The Morgan fingerprint density at radius 3 is 2.02 bits per heavy atom. The topological polar surface area (TPSA) is 33.3 Å². The summed E-state index contributed by atoms with van der Waals surface area (Å²) in [7, 11) is 2.15. The molecule has 52 heavy (non-hydrogen) atoms. The van der Waals surface area contributed by atoms with Gasteiger partial charge in [0.25, 0.3) is 0 Å². The van der Waals surface area contributed by atoms with E-state index in [0.29, 0.717) is 16.9 Å². The quantitative estimate of drug-likeness (QED) is 0.220. The highest BCUT2D eigenvalue weighted by Gasteiger charge is 2.44. The van der Waals surface area contributed by atoms with Crippen LogP contribution in [0.15, 0.2) is 59.8 Å². The lowest BCUT2D eigenvalue weighted by molar-refractivity contribution is 0.0291. The Morgan fingerprint density at radius 2 is 1.44 bits per heavy atom. The normalized spacial score (nSPS) is 28.9. The average molecular weight is 727 g/mol. The lowest BCUT2D eigenvalue weighted by Gasteiger charge is -2.50. The smallest absolute Gasteiger partial charge is 0.0506 e. The second-order valence-electron chi connectivity index (χ2n) is 15.3. The van der Waals surface area contributed by atoms with Crippen LogP contribution < -0.4 is 10.6 Å². The van der Waals surface area contributed by atoms with Crippen molar-refractivity contribution in [3.8, 4) is 0 Å². The zero-order valence-corrected chi connectivity index (χ0v) is 37.8. The van der Waals surface area contributed by atoms with Gasteiger partial charge < -0.3 is 15.4 Å². The van der Waals surface area contributed by atoms with E-state index in [1.165, 1.54) is 101 Å². The van der Waals surface area contributed by atoms with Crippen molar-refractivity contribution in [1.29, 1.82) is 0 Å². The zero-order valence-electron chi connectivity index (χ0n) is 37.8. The van der Waals surface area contributed by atoms with E-state index in [0.717, 1.165) is 50.5 Å². The minimum atomic E-state index is 0.442. The molecule has 0 radical (unpaired) electrons. The first-order valence-corrected chi connectivity index (χ1v) is 22.5. The van der Waals surface area contributed by atoms with Crippen molar-refractivity contribution >= 4 is 0 Å². The van der Waals surface area contributed by atoms with E-state index in [4.69, 9.17) is 4.74 Å². The maximum atomic E-state index is 5.54. The van der Waals surface area contributed by atoms with Gasteiger partial charge in [-0.25, -0.2) is 0 Å². The SMILES string of the molecule is C/C=C(\C=C/C1=CCCOCC1)CNC1CCCC(CCC)[C@]1(C)CC.C/C=C\C=C/C.CC.CC.CCC.CNC1CCCC2CCCC[C@@]21C. The van der Waals surface area contributed by atoms with E-state index < -0.39 is 0 Å². The predicted molar refractivity (Wildman–Crippen MR) is 239 cm³/mol. The van der Waals surface area contributed by atoms with E-state index in [1.807, 2.05) is 65.8 Å². The highest BCUT2D eigenvalue weighted by Crippen LogP contribution is 2.50. The number of nitrogens with one attached hydrogen (secondary N) is 2. The number of hydrogen-bond acceptors (Lipinski definition) is 3. The van der Waals surface area contributed by atoms with Crippen LogP contribution in [0.2, 0.25) is 0 Å². The molecule has 4 unspecified atom stereocenters. The number of hydrogen-bond donors (Lipinski definition) is 2. The van der Waals surface area contributed by atoms with Gasteiger partial charge in [-0.1, -0.05) is 163 Å². The Labute approximate surface area is 328 Å². The molecule has 0 aromatic carbocycles. The second-order valence-corrected chi connectivity index (χ2v) is 15.3. The third-order valence-electron chi connectivity index (χ3n) is 11.9. The molecule has 0 bridgehead atoms. The summed E-state index contributed by atoms with van der Waals surface area (Å²) in [6.45, 7) is 30.9. The number of fused-ring (bicyclic) bond motifs is 1. The number of rotatable bonds is 10. The van der Waals surface area contributed by atoms with Crippen molar-refractivity contribution in [2.24, 2.45) is 22.7 Å². The Kier molecular flexibility index (Phi) is 34.5. The maximum Gasteiger partial charge on any atom is 0.0506 e. The fraction of sp³-hybridized carbons (Fsp3) is 0.796. The maximum absolute atomic E-state index is 5.54. The molecule has 3 aliphatic carbocycles. The van der Waals surface area contributed by atoms with Crippen LogP contribution in [-0.4, -0.2) is 38.9 Å². The summed E-state index contributed by atoms with van der Waals surface area (Å²) in [5.74, 6) is 1.90. The first kappa shape index (κ1) is 52.7. The third-order valence-corrected chi connectivity index (χ3v) is 11.9. The summed E-state index contributed by atoms with van der Waals surface area (Å²) in [5.41, 5.74) is 3.89. The largest absolute Gasteiger partial charge is 0.381 e. The fourth-order valence-electron chi connectivity index (χ4n) is 8.75. The number of ether oxygens (including phenoxy) is 1. The summed E-state index contributed by atoms with van der Waals surface area (Å²) in [6.07, 6.45) is 38.9. The zero-order chi connectivity index (χ0) is 39.7. The molecule has 2 N–H and O–H groups in total. The molecule has 1 heterocycles. The molecule has 0 aromatic rings. The summed E-state index contributed by atoms with van der Waals surface area (Å²) < 4.78 is 5.54. The van der Waals surface area contributed by atoms with Crippen LogP contribution >= 0.6 is 0 Å². The highest BCUT2D eigenvalue weighted by atomic mass is 16.5. The van der Waals surface area contributed by atoms with Crippen molar-refractivity contribution in [2.45, 2.75) is 205 Å². The van der Waals surface area contributed by atoms with Crippen molar-refractivity contribution in [3.63, 3.8) is 0 Å². The molecule has 6 atom stereocenters. The Bertz CT molecular complexity index is 938. The lowest BCUT2D eigenvalue weighted by Crippen LogP contribution is -2.50. The van der Waals surface area contributed by atoms with Crippen LogP contribution in [0.3, 0.4) is 0 Å². The summed E-state index contributed by atoms with van der Waals surface area (Å²) in [4.78, 5) is 0. The standard InChI is InChI=1S/C24H41NO.C12H23N.C6H10.C3H8.2C2H6/c1-5-10-22-12-8-13-23(24(22,4)7-3)25-19-20(6-2)14-15-21-11-9-17-26-18-16-21;1-12-9-4-3-6-10(12)7-5-8-11(12)13-2;1-3-5-6-4-2;1-3-2;2*1-2/h6,11,14-15,22-23,25H,5,7-10,12-13,16-19H2,1-4H3;10-11,13H,3-9H2,1-2H3;3-6H,1-2H3;3H2,1-2H3;2*1-2H3/b15-14-,20-6+;;5-3-,6-4-;;;/t22?,23?,24-;10?,11?,12-;;;;/m00..../s1. The molecule has 3 nitrogen and oxygen atoms in total. The molecule has 3 heteroatoms. The van der Waals surface area contributed by atoms with E-state index >= 15 is 0 Å². The van der Waals surface area contributed by atoms with E-state index in [-0.39, 0.29) is 0 Å². The molecule has 4 rings (SSSR count). The molecule has 3 saturated carbocycles. The van der Waals surface area contributed by atoms with E-state index in [2.05, 4.69) is 90.5 Å². The first-order chi connectivity index (χ1) is 25.2. The minimum Gasteiger partial charge on any atom is -0.381 e. The monoisotopic (exact) mass is 727 g/mol. The van der Waals surface area contributed by atoms with Crippen LogP contribution in [0.1, 0.15) is 193 Å². The molecule has 306 valence electrons. The van der Waals surface area contributed by atoms with Crippen LogP contribution in [-0.2, 0) is 4.74 Å². The van der Waals surface area contributed by atoms with Crippen LogP contribution in [0.4, 0.5) is 0 Å². The van der Waals surface area contributed by atoms with Gasteiger partial charge in [0.05, 0.1) is 13.2 Å². The Balaban J connectivity index is 0. The molecule has 0 amide bonds.